The molecule has 1 atom stereocenters. The predicted octanol–water partition coefficient (Wildman–Crippen LogP) is 3.01. The lowest BCUT2D eigenvalue weighted by Crippen LogP contribution is -2.23. The molecule has 1 N–H and O–H groups in total. The van der Waals surface area contributed by atoms with Crippen molar-refractivity contribution in [2.45, 2.75) is 25.8 Å². The fraction of sp³-hybridized carbons (Fsp3) is 0.583. The molecule has 1 aromatic heterocycles. The van der Waals surface area contributed by atoms with Crippen LogP contribution in [0.2, 0.25) is 0 Å². The largest absolute Gasteiger partial charge is 0.310 e. The van der Waals surface area contributed by atoms with Crippen LogP contribution in [0.1, 0.15) is 31.4 Å². The third-order valence-electron chi connectivity index (χ3n) is 2.43. The van der Waals surface area contributed by atoms with Crippen molar-refractivity contribution in [1.29, 1.82) is 0 Å². The zero-order chi connectivity index (χ0) is 11.8. The van der Waals surface area contributed by atoms with Crippen LogP contribution in [0.5, 0.6) is 0 Å². The van der Waals surface area contributed by atoms with Gasteiger partial charge in [-0.3, -0.25) is 4.98 Å². The fourth-order valence-electron chi connectivity index (χ4n) is 1.59. The predicted molar refractivity (Wildman–Crippen MR) is 68.2 cm³/mol. The van der Waals surface area contributed by atoms with Gasteiger partial charge in [-0.25, -0.2) is 4.39 Å². The molecule has 0 spiro atoms. The molecule has 2 nitrogen and oxygen atoms in total. The van der Waals surface area contributed by atoms with Crippen LogP contribution in [0.3, 0.4) is 0 Å². The van der Waals surface area contributed by atoms with Crippen LogP contribution in [-0.4, -0.2) is 23.5 Å². The molecule has 0 aromatic carbocycles. The lowest BCUT2D eigenvalue weighted by Gasteiger charge is -2.18. The summed E-state index contributed by atoms with van der Waals surface area (Å²) >= 11 is 1.79. The monoisotopic (exact) mass is 242 g/mol. The Morgan fingerprint density at radius 3 is 3.00 bits per heavy atom. The van der Waals surface area contributed by atoms with Gasteiger partial charge >= 0.3 is 0 Å². The summed E-state index contributed by atoms with van der Waals surface area (Å²) in [5.41, 5.74) is 0.734. The molecule has 16 heavy (non-hydrogen) atoms. The molecule has 0 amide bonds. The Balaban J connectivity index is 2.70. The van der Waals surface area contributed by atoms with Crippen LogP contribution in [0, 0.1) is 5.82 Å². The third-order valence-corrected chi connectivity index (χ3v) is 3.07. The van der Waals surface area contributed by atoms with Crippen molar-refractivity contribution in [2.75, 3.05) is 18.6 Å². The summed E-state index contributed by atoms with van der Waals surface area (Å²) < 4.78 is 13.6. The van der Waals surface area contributed by atoms with Gasteiger partial charge in [0, 0.05) is 17.8 Å². The summed E-state index contributed by atoms with van der Waals surface area (Å²) in [5, 5.41) is 3.38. The highest BCUT2D eigenvalue weighted by Gasteiger charge is 2.14. The van der Waals surface area contributed by atoms with Crippen molar-refractivity contribution >= 4 is 11.8 Å². The van der Waals surface area contributed by atoms with E-state index in [1.165, 1.54) is 6.20 Å². The highest BCUT2D eigenvalue weighted by atomic mass is 32.2. The molecular formula is C12H19FN2S. The molecule has 1 heterocycles. The normalized spacial score (nSPS) is 12.7. The lowest BCUT2D eigenvalue weighted by molar-refractivity contribution is 0.489. The van der Waals surface area contributed by atoms with Gasteiger partial charge in [-0.05, 0) is 37.5 Å². The van der Waals surface area contributed by atoms with Gasteiger partial charge in [0.25, 0.3) is 0 Å². The van der Waals surface area contributed by atoms with Gasteiger partial charge < -0.3 is 5.32 Å². The number of halogens is 1. The van der Waals surface area contributed by atoms with Gasteiger partial charge in [-0.2, -0.15) is 11.8 Å². The average molecular weight is 242 g/mol. The standard InChI is InChI=1S/C12H19FN2S/c1-3-6-15-12(5-8-16-2)10-4-7-14-9-11(10)13/h4,7,9,12,15H,3,5-6,8H2,1-2H3. The molecule has 90 valence electrons. The first-order valence-corrected chi connectivity index (χ1v) is 7.00. The first kappa shape index (κ1) is 13.5. The van der Waals surface area contributed by atoms with Crippen molar-refractivity contribution in [2.24, 2.45) is 0 Å². The zero-order valence-electron chi connectivity index (χ0n) is 9.87. The zero-order valence-corrected chi connectivity index (χ0v) is 10.7. The first-order chi connectivity index (χ1) is 7.79. The Labute approximate surface area is 101 Å². The van der Waals surface area contributed by atoms with E-state index in [0.29, 0.717) is 0 Å². The Morgan fingerprint density at radius 2 is 2.38 bits per heavy atom. The highest BCUT2D eigenvalue weighted by Crippen LogP contribution is 2.20. The SMILES string of the molecule is CCCNC(CCSC)c1ccncc1F. The van der Waals surface area contributed by atoms with Gasteiger partial charge in [0.1, 0.15) is 5.82 Å². The number of nitrogens with zero attached hydrogens (tertiary/aromatic N) is 1. The summed E-state index contributed by atoms with van der Waals surface area (Å²) in [4.78, 5) is 3.78. The molecule has 1 rings (SSSR count). The van der Waals surface area contributed by atoms with E-state index in [1.807, 2.05) is 0 Å². The van der Waals surface area contributed by atoms with Crippen molar-refractivity contribution in [3.05, 3.63) is 29.8 Å². The van der Waals surface area contributed by atoms with Crippen LogP contribution in [-0.2, 0) is 0 Å². The lowest BCUT2D eigenvalue weighted by atomic mass is 10.1. The second-order valence-electron chi connectivity index (χ2n) is 3.69. The smallest absolute Gasteiger partial charge is 0.146 e. The number of nitrogens with one attached hydrogen (secondary N) is 1. The minimum absolute atomic E-state index is 0.107. The maximum Gasteiger partial charge on any atom is 0.146 e. The number of hydrogen-bond acceptors (Lipinski definition) is 3. The Kier molecular flexibility index (Phi) is 6.42. The van der Waals surface area contributed by atoms with Crippen molar-refractivity contribution in [1.82, 2.24) is 10.3 Å². The molecule has 4 heteroatoms. The molecule has 0 aliphatic heterocycles. The maximum absolute atomic E-state index is 13.6. The molecule has 0 aliphatic carbocycles. The fourth-order valence-corrected chi connectivity index (χ4v) is 2.06. The summed E-state index contributed by atoms with van der Waals surface area (Å²) in [7, 11) is 0. The second-order valence-corrected chi connectivity index (χ2v) is 4.67. The molecule has 0 radical (unpaired) electrons. The van der Waals surface area contributed by atoms with E-state index in [4.69, 9.17) is 0 Å². The third kappa shape index (κ3) is 4.10. The van der Waals surface area contributed by atoms with Crippen molar-refractivity contribution < 1.29 is 4.39 Å². The molecule has 0 saturated heterocycles. The van der Waals surface area contributed by atoms with Crippen molar-refractivity contribution in [3.63, 3.8) is 0 Å². The summed E-state index contributed by atoms with van der Waals surface area (Å²) in [6.45, 7) is 3.03. The summed E-state index contributed by atoms with van der Waals surface area (Å²) in [5.74, 6) is 0.820. The van der Waals surface area contributed by atoms with E-state index in [-0.39, 0.29) is 11.9 Å². The summed E-state index contributed by atoms with van der Waals surface area (Å²) in [6.07, 6.45) is 7.01. The van der Waals surface area contributed by atoms with Gasteiger partial charge in [0.15, 0.2) is 0 Å². The second kappa shape index (κ2) is 7.63. The van der Waals surface area contributed by atoms with E-state index in [2.05, 4.69) is 23.5 Å². The van der Waals surface area contributed by atoms with Crippen LogP contribution >= 0.6 is 11.8 Å². The minimum atomic E-state index is -0.211. The van der Waals surface area contributed by atoms with E-state index in [9.17, 15) is 4.39 Å². The highest BCUT2D eigenvalue weighted by molar-refractivity contribution is 7.98. The van der Waals surface area contributed by atoms with Gasteiger partial charge in [0.05, 0.1) is 6.20 Å². The molecule has 0 fully saturated rings. The quantitative estimate of drug-likeness (QED) is 0.795. The molecule has 0 aliphatic rings. The minimum Gasteiger partial charge on any atom is -0.310 e. The van der Waals surface area contributed by atoms with Crippen LogP contribution in [0.15, 0.2) is 18.5 Å². The molecule has 0 bridgehead atoms. The van der Waals surface area contributed by atoms with Crippen LogP contribution in [0.25, 0.3) is 0 Å². The van der Waals surface area contributed by atoms with E-state index in [1.54, 1.807) is 24.0 Å². The number of rotatable bonds is 7. The van der Waals surface area contributed by atoms with E-state index in [0.717, 1.165) is 30.7 Å². The molecular weight excluding hydrogens is 223 g/mol. The number of thioether (sulfide) groups is 1. The summed E-state index contributed by atoms with van der Waals surface area (Å²) in [6, 6.07) is 1.87. The average Bonchev–Trinajstić information content (AvgIpc) is 2.31. The number of hydrogen-bond donors (Lipinski definition) is 1. The Hall–Kier alpha value is -0.610. The van der Waals surface area contributed by atoms with Gasteiger partial charge in [-0.1, -0.05) is 6.92 Å². The topological polar surface area (TPSA) is 24.9 Å². The maximum atomic E-state index is 13.6. The molecule has 0 saturated carbocycles. The Bertz CT molecular complexity index is 299. The van der Waals surface area contributed by atoms with Crippen LogP contribution < -0.4 is 5.32 Å². The Morgan fingerprint density at radius 1 is 1.56 bits per heavy atom. The molecule has 1 aromatic rings. The van der Waals surface area contributed by atoms with Gasteiger partial charge in [0.2, 0.25) is 0 Å². The molecule has 1 unspecified atom stereocenters. The van der Waals surface area contributed by atoms with E-state index < -0.39 is 0 Å². The van der Waals surface area contributed by atoms with Crippen LogP contribution in [0.4, 0.5) is 4.39 Å². The van der Waals surface area contributed by atoms with Crippen molar-refractivity contribution in [3.8, 4) is 0 Å². The first-order valence-electron chi connectivity index (χ1n) is 5.61. The van der Waals surface area contributed by atoms with E-state index >= 15 is 0 Å². The number of aromatic nitrogens is 1. The number of pyridine rings is 1. The van der Waals surface area contributed by atoms with Gasteiger partial charge in [-0.15, -0.1) is 0 Å².